The van der Waals surface area contributed by atoms with E-state index in [1.807, 2.05) is 24.5 Å². The molecule has 0 aliphatic carbocycles. The molecular formula is C15H18N2S2. The Balaban J connectivity index is 2.08. The third-order valence-electron chi connectivity index (χ3n) is 2.94. The third kappa shape index (κ3) is 4.25. The molecule has 0 radical (unpaired) electrons. The molecule has 2 aromatic rings. The number of thiol groups is 2. The van der Waals surface area contributed by atoms with Gasteiger partial charge in [-0.3, -0.25) is 9.97 Å². The van der Waals surface area contributed by atoms with Gasteiger partial charge in [0, 0.05) is 12.4 Å². The van der Waals surface area contributed by atoms with Crippen molar-refractivity contribution in [1.29, 1.82) is 0 Å². The quantitative estimate of drug-likeness (QED) is 0.797. The van der Waals surface area contributed by atoms with Crippen LogP contribution < -0.4 is 0 Å². The summed E-state index contributed by atoms with van der Waals surface area (Å²) in [6.07, 6.45) is 6.91. The van der Waals surface area contributed by atoms with Crippen LogP contribution in [0, 0.1) is 0 Å². The molecule has 19 heavy (non-hydrogen) atoms. The summed E-state index contributed by atoms with van der Waals surface area (Å²) < 4.78 is 0. The first-order valence-corrected chi connectivity index (χ1v) is 7.72. The van der Waals surface area contributed by atoms with Crippen molar-refractivity contribution in [2.45, 2.75) is 19.3 Å². The maximum absolute atomic E-state index is 4.47. The highest BCUT2D eigenvalue weighted by Gasteiger charge is 2.01. The topological polar surface area (TPSA) is 25.8 Å². The fourth-order valence-corrected chi connectivity index (χ4v) is 2.28. The molecule has 2 rings (SSSR count). The lowest BCUT2D eigenvalue weighted by atomic mass is 10.1. The number of hydrogen-bond donors (Lipinski definition) is 2. The number of aryl methyl sites for hydroxylation is 2. The smallest absolute Gasteiger partial charge is 0.0886 e. The predicted molar refractivity (Wildman–Crippen MR) is 87.2 cm³/mol. The summed E-state index contributed by atoms with van der Waals surface area (Å²) in [4.78, 5) is 8.93. The Morgan fingerprint density at radius 3 is 1.74 bits per heavy atom. The van der Waals surface area contributed by atoms with Gasteiger partial charge in [0.15, 0.2) is 0 Å². The number of aromatic nitrogens is 2. The summed E-state index contributed by atoms with van der Waals surface area (Å²) in [5.41, 5.74) is 4.31. The molecule has 2 aromatic heterocycles. The van der Waals surface area contributed by atoms with E-state index in [0.717, 1.165) is 42.2 Å². The van der Waals surface area contributed by atoms with Crippen LogP contribution in [0.5, 0.6) is 0 Å². The maximum Gasteiger partial charge on any atom is 0.0886 e. The molecule has 0 atom stereocenters. The summed E-state index contributed by atoms with van der Waals surface area (Å²) in [6, 6.07) is 8.27. The van der Waals surface area contributed by atoms with Gasteiger partial charge in [-0.05, 0) is 54.0 Å². The Kier molecular flexibility index (Phi) is 5.73. The van der Waals surface area contributed by atoms with Crippen LogP contribution in [-0.2, 0) is 12.8 Å². The van der Waals surface area contributed by atoms with Crippen molar-refractivity contribution in [3.8, 4) is 11.4 Å². The average molecular weight is 290 g/mol. The summed E-state index contributed by atoms with van der Waals surface area (Å²) in [5, 5.41) is 0. The lowest BCUT2D eigenvalue weighted by Crippen LogP contribution is -1.93. The second kappa shape index (κ2) is 7.56. The summed E-state index contributed by atoms with van der Waals surface area (Å²) in [6.45, 7) is 0. The zero-order valence-corrected chi connectivity index (χ0v) is 12.6. The number of hydrogen-bond acceptors (Lipinski definition) is 4. The molecule has 4 heteroatoms. The fourth-order valence-electron chi connectivity index (χ4n) is 1.86. The molecule has 100 valence electrons. The van der Waals surface area contributed by atoms with Crippen LogP contribution in [0.4, 0.5) is 0 Å². The van der Waals surface area contributed by atoms with E-state index in [1.54, 1.807) is 0 Å². The Morgan fingerprint density at radius 2 is 1.32 bits per heavy atom. The van der Waals surface area contributed by atoms with Crippen molar-refractivity contribution in [3.05, 3.63) is 47.8 Å². The molecule has 0 saturated heterocycles. The second-order valence-corrected chi connectivity index (χ2v) is 5.30. The number of rotatable bonds is 6. The molecule has 0 amide bonds. The van der Waals surface area contributed by atoms with Gasteiger partial charge >= 0.3 is 0 Å². The lowest BCUT2D eigenvalue weighted by molar-refractivity contribution is 0.927. The normalized spacial score (nSPS) is 10.6. The van der Waals surface area contributed by atoms with Gasteiger partial charge < -0.3 is 0 Å². The Hall–Kier alpha value is -1.00. The Bertz CT molecular complexity index is 495. The van der Waals surface area contributed by atoms with E-state index in [9.17, 15) is 0 Å². The summed E-state index contributed by atoms with van der Waals surface area (Å²) >= 11 is 8.44. The molecule has 0 bridgehead atoms. The van der Waals surface area contributed by atoms with Gasteiger partial charge in [0.2, 0.25) is 0 Å². The van der Waals surface area contributed by atoms with Gasteiger partial charge in [0.05, 0.1) is 11.4 Å². The molecule has 0 unspecified atom stereocenters. The van der Waals surface area contributed by atoms with Gasteiger partial charge in [-0.15, -0.1) is 0 Å². The van der Waals surface area contributed by atoms with E-state index in [4.69, 9.17) is 0 Å². The molecule has 0 aliphatic heterocycles. The Labute approximate surface area is 125 Å². The van der Waals surface area contributed by atoms with Crippen LogP contribution in [0.25, 0.3) is 11.4 Å². The third-order valence-corrected chi connectivity index (χ3v) is 3.48. The van der Waals surface area contributed by atoms with Gasteiger partial charge in [-0.1, -0.05) is 12.1 Å². The van der Waals surface area contributed by atoms with Crippen molar-refractivity contribution >= 4 is 25.3 Å². The van der Waals surface area contributed by atoms with Crippen LogP contribution in [0.15, 0.2) is 36.7 Å². The van der Waals surface area contributed by atoms with Crippen LogP contribution in [0.1, 0.15) is 17.5 Å². The monoisotopic (exact) mass is 290 g/mol. The lowest BCUT2D eigenvalue weighted by Gasteiger charge is -2.04. The average Bonchev–Trinajstić information content (AvgIpc) is 2.47. The van der Waals surface area contributed by atoms with Gasteiger partial charge in [0.25, 0.3) is 0 Å². The molecule has 0 N–H and O–H groups in total. The first kappa shape index (κ1) is 14.4. The Morgan fingerprint density at radius 1 is 0.737 bits per heavy atom. The molecule has 2 heterocycles. The van der Waals surface area contributed by atoms with E-state index >= 15 is 0 Å². The fraction of sp³-hybridized carbons (Fsp3) is 0.333. The molecular weight excluding hydrogens is 272 g/mol. The van der Waals surface area contributed by atoms with E-state index < -0.39 is 0 Å². The SMILES string of the molecule is SCCCc1ccc(-c2ccc(CCS)cn2)nc1. The van der Waals surface area contributed by atoms with Crippen molar-refractivity contribution < 1.29 is 0 Å². The number of nitrogens with zero attached hydrogens (tertiary/aromatic N) is 2. The largest absolute Gasteiger partial charge is 0.254 e. The minimum Gasteiger partial charge on any atom is -0.254 e. The second-order valence-electron chi connectivity index (χ2n) is 4.40. The van der Waals surface area contributed by atoms with Crippen molar-refractivity contribution in [1.82, 2.24) is 9.97 Å². The molecule has 2 nitrogen and oxygen atoms in total. The van der Waals surface area contributed by atoms with Crippen molar-refractivity contribution in [2.24, 2.45) is 0 Å². The molecule has 0 fully saturated rings. The van der Waals surface area contributed by atoms with E-state index in [2.05, 4.69) is 47.4 Å². The summed E-state index contributed by atoms with van der Waals surface area (Å²) in [7, 11) is 0. The minimum atomic E-state index is 0.846. The number of pyridine rings is 2. The highest BCUT2D eigenvalue weighted by atomic mass is 32.1. The minimum absolute atomic E-state index is 0.846. The first-order chi connectivity index (χ1) is 9.33. The zero-order valence-electron chi connectivity index (χ0n) is 10.8. The summed E-state index contributed by atoms with van der Waals surface area (Å²) in [5.74, 6) is 1.76. The van der Waals surface area contributed by atoms with Gasteiger partial charge in [-0.25, -0.2) is 0 Å². The zero-order chi connectivity index (χ0) is 13.5. The van der Waals surface area contributed by atoms with E-state index in [-0.39, 0.29) is 0 Å². The highest BCUT2D eigenvalue weighted by Crippen LogP contribution is 2.15. The van der Waals surface area contributed by atoms with Crippen LogP contribution in [-0.4, -0.2) is 21.5 Å². The van der Waals surface area contributed by atoms with Crippen molar-refractivity contribution in [2.75, 3.05) is 11.5 Å². The first-order valence-electron chi connectivity index (χ1n) is 6.45. The molecule has 0 saturated carbocycles. The highest BCUT2D eigenvalue weighted by molar-refractivity contribution is 7.80. The van der Waals surface area contributed by atoms with Gasteiger partial charge in [-0.2, -0.15) is 25.3 Å². The van der Waals surface area contributed by atoms with Gasteiger partial charge in [0.1, 0.15) is 0 Å². The van der Waals surface area contributed by atoms with Crippen molar-refractivity contribution in [3.63, 3.8) is 0 Å². The molecule has 0 aliphatic rings. The molecule has 0 spiro atoms. The predicted octanol–water partition coefficient (Wildman–Crippen LogP) is 3.48. The van der Waals surface area contributed by atoms with Crippen LogP contribution >= 0.6 is 25.3 Å². The van der Waals surface area contributed by atoms with E-state index in [0.29, 0.717) is 0 Å². The van der Waals surface area contributed by atoms with Crippen LogP contribution in [0.3, 0.4) is 0 Å². The van der Waals surface area contributed by atoms with Crippen LogP contribution in [0.2, 0.25) is 0 Å². The van der Waals surface area contributed by atoms with E-state index in [1.165, 1.54) is 11.1 Å². The molecule has 0 aromatic carbocycles. The standard InChI is InChI=1S/C15H18N2S2/c18-8-1-2-12-3-5-14(16-10-12)15-6-4-13(7-9-19)11-17-15/h3-6,10-11,18-19H,1-2,7-9H2. The maximum atomic E-state index is 4.47.